The van der Waals surface area contributed by atoms with E-state index in [2.05, 4.69) is 10.6 Å². The van der Waals surface area contributed by atoms with Crippen molar-refractivity contribution in [2.75, 3.05) is 31.6 Å². The topological polar surface area (TPSA) is 197 Å². The predicted octanol–water partition coefficient (Wildman–Crippen LogP) is 2.97. The van der Waals surface area contributed by atoms with E-state index in [1.165, 1.54) is 0 Å². The summed E-state index contributed by atoms with van der Waals surface area (Å²) in [5.41, 5.74) is 20.7. The summed E-state index contributed by atoms with van der Waals surface area (Å²) in [5.74, 6) is -0.994. The number of benzene rings is 4. The maximum Gasteiger partial charge on any atom is 0.325 e. The zero-order chi connectivity index (χ0) is 31.5. The lowest BCUT2D eigenvalue weighted by Gasteiger charge is -2.06. The molecule has 0 radical (unpaired) electrons. The van der Waals surface area contributed by atoms with E-state index in [1.807, 2.05) is 91.0 Å². The standard InChI is InChI=1S/C9H10N2O.C8H9NO2.2C8H11NO/c12-9-7-3-1-2-4-8(7)10-5-6-11-9;9-7(8(10)11)6-4-2-1-3-5-6;2*9-8(6-10)7-4-2-1-3-5-7/h1-4,10H,5-6H2,(H,11,12);1-5,7H,9H2,(H,10,11);2*1-5,8,10H,6,9H2/t;7-;2*8-/m.100/s1. The van der Waals surface area contributed by atoms with E-state index in [9.17, 15) is 9.59 Å². The van der Waals surface area contributed by atoms with Gasteiger partial charge in [0.15, 0.2) is 0 Å². The molecule has 0 unspecified atom stereocenters. The second kappa shape index (κ2) is 19.5. The molecular formula is C33H41N5O5. The zero-order valence-corrected chi connectivity index (χ0v) is 23.9. The molecule has 5 rings (SSSR count). The number of carbonyl (C=O) groups is 2. The van der Waals surface area contributed by atoms with Gasteiger partial charge < -0.3 is 43.2 Å². The number of carboxylic acid groups (broad SMARTS) is 1. The number of fused-ring (bicyclic) bond motifs is 1. The van der Waals surface area contributed by atoms with Crippen molar-refractivity contribution in [1.82, 2.24) is 5.32 Å². The van der Waals surface area contributed by atoms with Crippen molar-refractivity contribution in [3.63, 3.8) is 0 Å². The Kier molecular flexibility index (Phi) is 15.7. The van der Waals surface area contributed by atoms with Gasteiger partial charge in [-0.2, -0.15) is 0 Å². The summed E-state index contributed by atoms with van der Waals surface area (Å²) in [7, 11) is 0. The average Bonchev–Trinajstić information content (AvgIpc) is 3.26. The molecule has 10 nitrogen and oxygen atoms in total. The van der Waals surface area contributed by atoms with Gasteiger partial charge in [0.05, 0.1) is 30.9 Å². The van der Waals surface area contributed by atoms with Crippen molar-refractivity contribution in [2.45, 2.75) is 18.1 Å². The van der Waals surface area contributed by atoms with Crippen molar-refractivity contribution in [1.29, 1.82) is 0 Å². The molecule has 0 aromatic heterocycles. The highest BCUT2D eigenvalue weighted by molar-refractivity contribution is 6.00. The number of amides is 1. The highest BCUT2D eigenvalue weighted by Crippen LogP contribution is 2.15. The van der Waals surface area contributed by atoms with E-state index < -0.39 is 12.0 Å². The highest BCUT2D eigenvalue weighted by atomic mass is 16.4. The van der Waals surface area contributed by atoms with E-state index in [0.29, 0.717) is 12.1 Å². The normalized spacial score (nSPS) is 13.6. The summed E-state index contributed by atoms with van der Waals surface area (Å²) < 4.78 is 0. The fraction of sp³-hybridized carbons (Fsp3) is 0.212. The second-order valence-corrected chi connectivity index (χ2v) is 9.35. The molecule has 4 aromatic rings. The number of rotatable bonds is 6. The number of carbonyl (C=O) groups excluding carboxylic acids is 1. The van der Waals surface area contributed by atoms with Gasteiger partial charge in [-0.1, -0.05) is 103 Å². The quantitative estimate of drug-likeness (QED) is 0.167. The van der Waals surface area contributed by atoms with E-state index in [0.717, 1.165) is 28.9 Å². The van der Waals surface area contributed by atoms with Gasteiger partial charge in [0.1, 0.15) is 6.04 Å². The summed E-state index contributed by atoms with van der Waals surface area (Å²) in [6.07, 6.45) is 0. The fourth-order valence-corrected chi connectivity index (χ4v) is 3.72. The summed E-state index contributed by atoms with van der Waals surface area (Å²) in [5, 5.41) is 31.8. The van der Waals surface area contributed by atoms with Crippen molar-refractivity contribution in [3.8, 4) is 0 Å². The Bertz CT molecular complexity index is 1300. The molecular weight excluding hydrogens is 546 g/mol. The van der Waals surface area contributed by atoms with E-state index in [1.54, 1.807) is 24.3 Å². The lowest BCUT2D eigenvalue weighted by molar-refractivity contribution is -0.138. The maximum absolute atomic E-state index is 11.4. The van der Waals surface area contributed by atoms with Crippen LogP contribution in [0, 0.1) is 0 Å². The van der Waals surface area contributed by atoms with Crippen LogP contribution in [0.15, 0.2) is 115 Å². The smallest absolute Gasteiger partial charge is 0.325 e. The molecule has 0 aliphatic carbocycles. The van der Waals surface area contributed by atoms with E-state index in [-0.39, 0.29) is 31.2 Å². The van der Waals surface area contributed by atoms with Crippen LogP contribution < -0.4 is 27.8 Å². The molecule has 228 valence electrons. The molecule has 0 saturated heterocycles. The van der Waals surface area contributed by atoms with Gasteiger partial charge in [0.25, 0.3) is 5.91 Å². The Morgan fingerprint density at radius 3 is 1.47 bits per heavy atom. The number of aliphatic hydroxyl groups is 2. The highest BCUT2D eigenvalue weighted by Gasteiger charge is 2.13. The van der Waals surface area contributed by atoms with Gasteiger partial charge in [0, 0.05) is 18.8 Å². The monoisotopic (exact) mass is 587 g/mol. The summed E-state index contributed by atoms with van der Waals surface area (Å²) in [6.45, 7) is 1.49. The first kappa shape index (κ1) is 34.6. The molecule has 1 heterocycles. The third kappa shape index (κ3) is 12.4. The van der Waals surface area contributed by atoms with Gasteiger partial charge in [-0.25, -0.2) is 0 Å². The number of para-hydroxylation sites is 1. The fourth-order valence-electron chi connectivity index (χ4n) is 3.72. The predicted molar refractivity (Wildman–Crippen MR) is 169 cm³/mol. The molecule has 0 saturated carbocycles. The molecule has 11 N–H and O–H groups in total. The third-order valence-corrected chi connectivity index (χ3v) is 6.17. The lowest BCUT2D eigenvalue weighted by Crippen LogP contribution is -2.24. The van der Waals surface area contributed by atoms with Crippen LogP contribution >= 0.6 is 0 Å². The minimum absolute atomic E-state index is 0.00398. The molecule has 1 amide bonds. The van der Waals surface area contributed by atoms with E-state index in [4.69, 9.17) is 32.5 Å². The van der Waals surface area contributed by atoms with Crippen LogP contribution in [0.2, 0.25) is 0 Å². The largest absolute Gasteiger partial charge is 0.480 e. The minimum Gasteiger partial charge on any atom is -0.480 e. The Hall–Kier alpha value is -4.58. The molecule has 1 aliphatic heterocycles. The first-order valence-electron chi connectivity index (χ1n) is 13.8. The number of hydrogen-bond acceptors (Lipinski definition) is 8. The van der Waals surface area contributed by atoms with Gasteiger partial charge in [-0.15, -0.1) is 0 Å². The molecule has 0 fully saturated rings. The molecule has 0 spiro atoms. The number of carboxylic acids is 1. The average molecular weight is 588 g/mol. The zero-order valence-electron chi connectivity index (χ0n) is 23.9. The van der Waals surface area contributed by atoms with Crippen LogP contribution in [0.5, 0.6) is 0 Å². The lowest BCUT2D eigenvalue weighted by atomic mass is 10.1. The van der Waals surface area contributed by atoms with Gasteiger partial charge in [0.2, 0.25) is 0 Å². The number of aliphatic hydroxyl groups excluding tert-OH is 2. The second-order valence-electron chi connectivity index (χ2n) is 9.35. The van der Waals surface area contributed by atoms with Crippen LogP contribution in [0.1, 0.15) is 45.2 Å². The molecule has 1 aliphatic rings. The maximum atomic E-state index is 11.4. The SMILES string of the molecule is N[C@@H](C(=O)O)c1ccccc1.N[C@@H](CO)c1ccccc1.N[C@@H](CO)c1ccccc1.O=C1NCCNc2ccccc21. The Morgan fingerprint density at radius 1 is 0.628 bits per heavy atom. The summed E-state index contributed by atoms with van der Waals surface area (Å²) in [4.78, 5) is 21.7. The van der Waals surface area contributed by atoms with E-state index >= 15 is 0 Å². The number of nitrogens with one attached hydrogen (secondary N) is 2. The van der Waals surface area contributed by atoms with Crippen LogP contribution in [0.4, 0.5) is 5.69 Å². The van der Waals surface area contributed by atoms with Crippen molar-refractivity contribution >= 4 is 17.6 Å². The Balaban J connectivity index is 0.000000201. The van der Waals surface area contributed by atoms with Crippen molar-refractivity contribution < 1.29 is 24.9 Å². The molecule has 3 atom stereocenters. The molecule has 10 heteroatoms. The summed E-state index contributed by atoms with van der Waals surface area (Å²) >= 11 is 0. The first-order chi connectivity index (χ1) is 20.8. The van der Waals surface area contributed by atoms with Gasteiger partial charge >= 0.3 is 5.97 Å². The summed E-state index contributed by atoms with van der Waals surface area (Å²) in [6, 6.07) is 34.0. The Morgan fingerprint density at radius 2 is 1.02 bits per heavy atom. The van der Waals surface area contributed by atoms with Crippen molar-refractivity contribution in [2.24, 2.45) is 17.2 Å². The van der Waals surface area contributed by atoms with Crippen LogP contribution in [-0.2, 0) is 4.79 Å². The van der Waals surface area contributed by atoms with Crippen LogP contribution in [0.3, 0.4) is 0 Å². The number of nitrogens with two attached hydrogens (primary N) is 3. The van der Waals surface area contributed by atoms with Crippen LogP contribution in [0.25, 0.3) is 0 Å². The van der Waals surface area contributed by atoms with Gasteiger partial charge in [-0.3, -0.25) is 9.59 Å². The number of anilines is 1. The van der Waals surface area contributed by atoms with Crippen LogP contribution in [-0.4, -0.2) is 53.5 Å². The number of aliphatic carboxylic acids is 1. The van der Waals surface area contributed by atoms with Gasteiger partial charge in [-0.05, 0) is 28.8 Å². The molecule has 43 heavy (non-hydrogen) atoms. The number of hydrogen-bond donors (Lipinski definition) is 8. The Labute approximate surface area is 252 Å². The molecule has 0 bridgehead atoms. The minimum atomic E-state index is -1.00. The third-order valence-electron chi connectivity index (χ3n) is 6.17. The van der Waals surface area contributed by atoms with Crippen molar-refractivity contribution in [3.05, 3.63) is 138 Å². The molecule has 4 aromatic carbocycles. The first-order valence-corrected chi connectivity index (χ1v) is 13.8.